The third-order valence-electron chi connectivity index (χ3n) is 4.01. The minimum atomic E-state index is -0.157. The number of aromatic nitrogens is 3. The molecule has 1 aromatic heterocycles. The first-order valence-electron chi connectivity index (χ1n) is 7.81. The highest BCUT2D eigenvalue weighted by Crippen LogP contribution is 2.20. The van der Waals surface area contributed by atoms with Crippen LogP contribution in [0.2, 0.25) is 0 Å². The third kappa shape index (κ3) is 3.83. The predicted molar refractivity (Wildman–Crippen MR) is 88.8 cm³/mol. The molecule has 1 atom stereocenters. The second kappa shape index (κ2) is 6.73. The molecular formula is C19H20FN3. The number of rotatable bonds is 5. The summed E-state index contributed by atoms with van der Waals surface area (Å²) in [7, 11) is 0. The molecule has 118 valence electrons. The van der Waals surface area contributed by atoms with E-state index in [1.54, 1.807) is 6.92 Å². The molecule has 2 aromatic carbocycles. The highest BCUT2D eigenvalue weighted by molar-refractivity contribution is 5.25. The van der Waals surface area contributed by atoms with E-state index in [-0.39, 0.29) is 11.7 Å². The Morgan fingerprint density at radius 2 is 1.87 bits per heavy atom. The molecule has 0 spiro atoms. The van der Waals surface area contributed by atoms with E-state index in [1.165, 1.54) is 11.6 Å². The lowest BCUT2D eigenvalue weighted by Gasteiger charge is -2.09. The van der Waals surface area contributed by atoms with Crippen molar-refractivity contribution in [2.24, 2.45) is 0 Å². The number of hydrogen-bond acceptors (Lipinski definition) is 2. The summed E-state index contributed by atoms with van der Waals surface area (Å²) in [6.07, 6.45) is 2.82. The van der Waals surface area contributed by atoms with Gasteiger partial charge in [-0.1, -0.05) is 54.6 Å². The molecule has 0 radical (unpaired) electrons. The third-order valence-corrected chi connectivity index (χ3v) is 4.01. The summed E-state index contributed by atoms with van der Waals surface area (Å²) < 4.78 is 15.2. The molecule has 0 aliphatic heterocycles. The van der Waals surface area contributed by atoms with Crippen LogP contribution in [-0.2, 0) is 13.0 Å². The Morgan fingerprint density at radius 3 is 2.61 bits per heavy atom. The monoisotopic (exact) mass is 309 g/mol. The van der Waals surface area contributed by atoms with E-state index in [0.717, 1.165) is 24.2 Å². The van der Waals surface area contributed by atoms with Gasteiger partial charge in [0.1, 0.15) is 5.82 Å². The fourth-order valence-corrected chi connectivity index (χ4v) is 2.68. The van der Waals surface area contributed by atoms with E-state index in [9.17, 15) is 4.39 Å². The van der Waals surface area contributed by atoms with Gasteiger partial charge in [-0.25, -0.2) is 9.07 Å². The molecule has 1 heterocycles. The van der Waals surface area contributed by atoms with E-state index in [1.807, 2.05) is 41.2 Å². The molecule has 0 amide bonds. The van der Waals surface area contributed by atoms with E-state index in [0.29, 0.717) is 5.56 Å². The zero-order chi connectivity index (χ0) is 16.2. The van der Waals surface area contributed by atoms with Crippen molar-refractivity contribution < 1.29 is 4.39 Å². The van der Waals surface area contributed by atoms with Crippen molar-refractivity contribution in [2.45, 2.75) is 32.7 Å². The van der Waals surface area contributed by atoms with Crippen LogP contribution in [0.4, 0.5) is 4.39 Å². The fraction of sp³-hybridized carbons (Fsp3) is 0.263. The van der Waals surface area contributed by atoms with Gasteiger partial charge in [-0.2, -0.15) is 0 Å². The van der Waals surface area contributed by atoms with Crippen molar-refractivity contribution in [3.8, 4) is 0 Å². The minimum absolute atomic E-state index is 0.157. The van der Waals surface area contributed by atoms with Crippen molar-refractivity contribution in [1.82, 2.24) is 15.0 Å². The van der Waals surface area contributed by atoms with Gasteiger partial charge in [-0.3, -0.25) is 0 Å². The van der Waals surface area contributed by atoms with Gasteiger partial charge in [0.05, 0.1) is 12.2 Å². The molecular weight excluding hydrogens is 289 g/mol. The van der Waals surface area contributed by atoms with Gasteiger partial charge in [0.2, 0.25) is 0 Å². The molecule has 1 unspecified atom stereocenters. The zero-order valence-corrected chi connectivity index (χ0v) is 13.4. The highest BCUT2D eigenvalue weighted by Gasteiger charge is 2.12. The van der Waals surface area contributed by atoms with Crippen molar-refractivity contribution in [3.05, 3.63) is 82.9 Å². The number of benzene rings is 2. The predicted octanol–water partition coefficient (Wildman–Crippen LogP) is 4.12. The first-order valence-corrected chi connectivity index (χ1v) is 7.81. The Balaban J connectivity index is 1.68. The van der Waals surface area contributed by atoms with Crippen LogP contribution in [0.25, 0.3) is 0 Å². The van der Waals surface area contributed by atoms with Crippen molar-refractivity contribution in [2.75, 3.05) is 0 Å². The van der Waals surface area contributed by atoms with E-state index >= 15 is 0 Å². The molecule has 3 rings (SSSR count). The Hall–Kier alpha value is -2.49. The van der Waals surface area contributed by atoms with Gasteiger partial charge < -0.3 is 0 Å². The molecule has 0 bridgehead atoms. The molecule has 3 nitrogen and oxygen atoms in total. The summed E-state index contributed by atoms with van der Waals surface area (Å²) in [4.78, 5) is 0. The van der Waals surface area contributed by atoms with Crippen molar-refractivity contribution >= 4 is 0 Å². The van der Waals surface area contributed by atoms with Gasteiger partial charge in [0, 0.05) is 12.1 Å². The van der Waals surface area contributed by atoms with Crippen LogP contribution >= 0.6 is 0 Å². The molecule has 4 heteroatoms. The molecule has 0 saturated heterocycles. The fourth-order valence-electron chi connectivity index (χ4n) is 2.68. The summed E-state index contributed by atoms with van der Waals surface area (Å²) in [5.74, 6) is 0.0830. The van der Waals surface area contributed by atoms with Crippen LogP contribution in [0.1, 0.15) is 35.2 Å². The highest BCUT2D eigenvalue weighted by atomic mass is 19.1. The lowest BCUT2D eigenvalue weighted by atomic mass is 9.97. The normalized spacial score (nSPS) is 12.3. The summed E-state index contributed by atoms with van der Waals surface area (Å²) in [5, 5.41) is 8.50. The first-order chi connectivity index (χ1) is 11.1. The van der Waals surface area contributed by atoms with Gasteiger partial charge in [-0.05, 0) is 36.1 Å². The molecule has 0 saturated carbocycles. The summed E-state index contributed by atoms with van der Waals surface area (Å²) in [6.45, 7) is 4.63. The number of nitrogens with zero attached hydrogens (tertiary/aromatic N) is 3. The van der Waals surface area contributed by atoms with Crippen LogP contribution in [0.3, 0.4) is 0 Å². The molecule has 23 heavy (non-hydrogen) atoms. The van der Waals surface area contributed by atoms with Gasteiger partial charge in [-0.15, -0.1) is 5.10 Å². The summed E-state index contributed by atoms with van der Waals surface area (Å²) in [6, 6.07) is 15.5. The molecule has 0 aliphatic carbocycles. The smallest absolute Gasteiger partial charge is 0.126 e. The Labute approximate surface area is 135 Å². The van der Waals surface area contributed by atoms with E-state index < -0.39 is 0 Å². The van der Waals surface area contributed by atoms with Gasteiger partial charge in [0.15, 0.2) is 0 Å². The molecule has 0 fully saturated rings. The largest absolute Gasteiger partial charge is 0.248 e. The SMILES string of the molecule is Cc1cc(CC(C)c2cn(Cc3ccccc3)nn2)ccc1F. The quantitative estimate of drug-likeness (QED) is 0.710. The van der Waals surface area contributed by atoms with Crippen LogP contribution in [0.5, 0.6) is 0 Å². The maximum absolute atomic E-state index is 13.3. The van der Waals surface area contributed by atoms with Crippen LogP contribution in [0.15, 0.2) is 54.7 Å². The lowest BCUT2D eigenvalue weighted by molar-refractivity contribution is 0.616. The van der Waals surface area contributed by atoms with E-state index in [2.05, 4.69) is 29.4 Å². The average molecular weight is 309 g/mol. The second-order valence-electron chi connectivity index (χ2n) is 6.02. The van der Waals surface area contributed by atoms with Crippen LogP contribution in [-0.4, -0.2) is 15.0 Å². The zero-order valence-electron chi connectivity index (χ0n) is 13.4. The Morgan fingerprint density at radius 1 is 1.09 bits per heavy atom. The standard InChI is InChI=1S/C19H20FN3/c1-14-10-17(8-9-18(14)20)11-15(2)19-13-23(22-21-19)12-16-6-4-3-5-7-16/h3-10,13,15H,11-12H2,1-2H3. The van der Waals surface area contributed by atoms with Gasteiger partial charge >= 0.3 is 0 Å². The number of halogens is 1. The van der Waals surface area contributed by atoms with Gasteiger partial charge in [0.25, 0.3) is 0 Å². The minimum Gasteiger partial charge on any atom is -0.248 e. The number of hydrogen-bond donors (Lipinski definition) is 0. The second-order valence-corrected chi connectivity index (χ2v) is 6.02. The molecule has 0 N–H and O–H groups in total. The van der Waals surface area contributed by atoms with Crippen LogP contribution < -0.4 is 0 Å². The molecule has 0 aliphatic rings. The molecule has 3 aromatic rings. The first kappa shape index (κ1) is 15.4. The van der Waals surface area contributed by atoms with Crippen molar-refractivity contribution in [3.63, 3.8) is 0 Å². The van der Waals surface area contributed by atoms with Crippen LogP contribution in [0, 0.1) is 12.7 Å². The topological polar surface area (TPSA) is 30.7 Å². The van der Waals surface area contributed by atoms with E-state index in [4.69, 9.17) is 0 Å². The number of aryl methyl sites for hydroxylation is 1. The average Bonchev–Trinajstić information content (AvgIpc) is 3.00. The summed E-state index contributed by atoms with van der Waals surface area (Å²) >= 11 is 0. The Bertz CT molecular complexity index is 780. The summed E-state index contributed by atoms with van der Waals surface area (Å²) in [5.41, 5.74) is 3.96. The maximum Gasteiger partial charge on any atom is 0.126 e. The maximum atomic E-state index is 13.3. The Kier molecular flexibility index (Phi) is 4.51. The lowest BCUT2D eigenvalue weighted by Crippen LogP contribution is -2.01. The van der Waals surface area contributed by atoms with Crippen molar-refractivity contribution in [1.29, 1.82) is 0 Å².